The van der Waals surface area contributed by atoms with Gasteiger partial charge in [0.05, 0.1) is 6.04 Å². The lowest BCUT2D eigenvalue weighted by Crippen LogP contribution is -2.48. The van der Waals surface area contributed by atoms with Crippen molar-refractivity contribution in [3.63, 3.8) is 0 Å². The van der Waals surface area contributed by atoms with Gasteiger partial charge in [-0.05, 0) is 12.5 Å². The highest BCUT2D eigenvalue weighted by molar-refractivity contribution is 5.96. The molecule has 1 aliphatic rings. The first kappa shape index (κ1) is 14.5. The Morgan fingerprint density at radius 1 is 1.30 bits per heavy atom. The molecule has 108 valence electrons. The Bertz CT molecular complexity index is 491. The van der Waals surface area contributed by atoms with Crippen molar-refractivity contribution in [2.75, 3.05) is 13.1 Å². The number of carbonyl (C=O) groups is 2. The lowest BCUT2D eigenvalue weighted by Gasteiger charge is -2.22. The fraction of sp³-hybridized carbons (Fsp3) is 0.429. The summed E-state index contributed by atoms with van der Waals surface area (Å²) in [6, 6.07) is 8.73. The molecule has 6 nitrogen and oxygen atoms in total. The molecular weight excluding hydrogens is 256 g/mol. The third kappa shape index (κ3) is 3.15. The van der Waals surface area contributed by atoms with Crippen LogP contribution in [0, 0.1) is 0 Å². The van der Waals surface area contributed by atoms with Crippen LogP contribution in [0.4, 0.5) is 4.79 Å². The first-order chi connectivity index (χ1) is 9.49. The Balaban J connectivity index is 2.03. The number of nitrogens with two attached hydrogens (primary N) is 2. The van der Waals surface area contributed by atoms with Gasteiger partial charge in [0, 0.05) is 25.0 Å². The van der Waals surface area contributed by atoms with Gasteiger partial charge in [0.25, 0.3) is 0 Å². The van der Waals surface area contributed by atoms with Gasteiger partial charge in [-0.15, -0.1) is 0 Å². The smallest absolute Gasteiger partial charge is 0.318 e. The first-order valence-electron chi connectivity index (χ1n) is 6.64. The third-order valence-corrected chi connectivity index (χ3v) is 3.79. The number of primary amides is 1. The van der Waals surface area contributed by atoms with Crippen molar-refractivity contribution in [2.24, 2.45) is 11.5 Å². The second kappa shape index (κ2) is 6.02. The average Bonchev–Trinajstić information content (AvgIpc) is 2.80. The van der Waals surface area contributed by atoms with Crippen LogP contribution in [0.3, 0.4) is 0 Å². The number of rotatable bonds is 3. The van der Waals surface area contributed by atoms with Gasteiger partial charge in [0.1, 0.15) is 0 Å². The molecule has 1 fully saturated rings. The Hall–Kier alpha value is -1.92. The summed E-state index contributed by atoms with van der Waals surface area (Å²) < 4.78 is 0. The molecule has 3 atom stereocenters. The predicted octanol–water partition coefficient (Wildman–Crippen LogP) is -0.00350. The number of amides is 3. The van der Waals surface area contributed by atoms with Crippen LogP contribution in [0.25, 0.3) is 0 Å². The standard InChI is InChI=1S/C14H20N4O2/c1-9(13(19)17-14(16)20)18-7-11(12(15)8-18)10-5-3-2-4-6-10/h2-6,9,11-12H,7-8,15H2,1H3,(H3,16,17,19,20)/t9?,11-,12+/m0/s1. The van der Waals surface area contributed by atoms with Gasteiger partial charge in [0.15, 0.2) is 0 Å². The van der Waals surface area contributed by atoms with E-state index in [0.29, 0.717) is 13.1 Å². The topological polar surface area (TPSA) is 101 Å². The zero-order valence-electron chi connectivity index (χ0n) is 11.5. The fourth-order valence-electron chi connectivity index (χ4n) is 2.62. The highest BCUT2D eigenvalue weighted by Gasteiger charge is 2.35. The molecule has 0 bridgehead atoms. The number of carbonyl (C=O) groups excluding carboxylic acids is 2. The second-order valence-electron chi connectivity index (χ2n) is 5.16. The highest BCUT2D eigenvalue weighted by Crippen LogP contribution is 2.27. The molecule has 5 N–H and O–H groups in total. The van der Waals surface area contributed by atoms with Crippen LogP contribution in [-0.4, -0.2) is 42.0 Å². The summed E-state index contributed by atoms with van der Waals surface area (Å²) in [6.45, 7) is 3.06. The molecule has 20 heavy (non-hydrogen) atoms. The molecular formula is C14H20N4O2. The number of likely N-dealkylation sites (tertiary alicyclic amines) is 1. The van der Waals surface area contributed by atoms with Crippen molar-refractivity contribution < 1.29 is 9.59 Å². The molecule has 1 aliphatic heterocycles. The van der Waals surface area contributed by atoms with Gasteiger partial charge in [-0.3, -0.25) is 15.0 Å². The minimum Gasteiger partial charge on any atom is -0.351 e. The Labute approximate surface area is 118 Å². The van der Waals surface area contributed by atoms with Crippen LogP contribution >= 0.6 is 0 Å². The fourth-order valence-corrected chi connectivity index (χ4v) is 2.62. The molecule has 1 aromatic carbocycles. The molecule has 2 rings (SSSR count). The molecule has 1 saturated heterocycles. The highest BCUT2D eigenvalue weighted by atomic mass is 16.2. The maximum Gasteiger partial charge on any atom is 0.318 e. The predicted molar refractivity (Wildman–Crippen MR) is 75.9 cm³/mol. The summed E-state index contributed by atoms with van der Waals surface area (Å²) >= 11 is 0. The molecule has 0 spiro atoms. The number of imide groups is 1. The van der Waals surface area contributed by atoms with Gasteiger partial charge in [-0.1, -0.05) is 30.3 Å². The molecule has 6 heteroatoms. The van der Waals surface area contributed by atoms with E-state index < -0.39 is 18.0 Å². The SMILES string of the molecule is CC(C(=O)NC(N)=O)N1C[C@@H](N)[C@H](c2ccccc2)C1. The van der Waals surface area contributed by atoms with Crippen molar-refractivity contribution in [1.29, 1.82) is 0 Å². The number of urea groups is 1. The largest absolute Gasteiger partial charge is 0.351 e. The molecule has 0 aromatic heterocycles. The second-order valence-corrected chi connectivity index (χ2v) is 5.16. The van der Waals surface area contributed by atoms with Gasteiger partial charge in [-0.2, -0.15) is 0 Å². The number of benzene rings is 1. The van der Waals surface area contributed by atoms with Crippen molar-refractivity contribution in [3.8, 4) is 0 Å². The molecule has 0 saturated carbocycles. The Morgan fingerprint density at radius 2 is 1.95 bits per heavy atom. The van der Waals surface area contributed by atoms with Crippen molar-refractivity contribution >= 4 is 11.9 Å². The average molecular weight is 276 g/mol. The lowest BCUT2D eigenvalue weighted by atomic mass is 9.95. The Morgan fingerprint density at radius 3 is 2.55 bits per heavy atom. The van der Waals surface area contributed by atoms with E-state index in [1.807, 2.05) is 35.2 Å². The Kier molecular flexibility index (Phi) is 4.36. The van der Waals surface area contributed by atoms with E-state index >= 15 is 0 Å². The molecule has 1 heterocycles. The number of nitrogens with one attached hydrogen (secondary N) is 1. The maximum atomic E-state index is 11.8. The van der Waals surface area contributed by atoms with Crippen molar-refractivity contribution in [3.05, 3.63) is 35.9 Å². The van der Waals surface area contributed by atoms with Crippen molar-refractivity contribution in [2.45, 2.75) is 24.9 Å². The molecule has 0 aliphatic carbocycles. The summed E-state index contributed by atoms with van der Waals surface area (Å²) in [6.07, 6.45) is 0. The summed E-state index contributed by atoms with van der Waals surface area (Å²) in [4.78, 5) is 24.5. The van der Waals surface area contributed by atoms with Gasteiger partial charge in [0.2, 0.25) is 5.91 Å². The number of hydrogen-bond acceptors (Lipinski definition) is 4. The normalized spacial score (nSPS) is 24.3. The summed E-state index contributed by atoms with van der Waals surface area (Å²) in [5.74, 6) is -0.196. The zero-order chi connectivity index (χ0) is 14.7. The van der Waals surface area contributed by atoms with E-state index in [1.54, 1.807) is 6.92 Å². The van der Waals surface area contributed by atoms with E-state index in [1.165, 1.54) is 5.56 Å². The van der Waals surface area contributed by atoms with E-state index in [9.17, 15) is 9.59 Å². The van der Waals surface area contributed by atoms with Crippen LogP contribution in [0.1, 0.15) is 18.4 Å². The molecule has 1 aromatic rings. The monoisotopic (exact) mass is 276 g/mol. The minimum absolute atomic E-state index is 0.0266. The molecule has 1 unspecified atom stereocenters. The molecule has 0 radical (unpaired) electrons. The quantitative estimate of drug-likeness (QED) is 0.723. The van der Waals surface area contributed by atoms with E-state index in [2.05, 4.69) is 5.32 Å². The van der Waals surface area contributed by atoms with Crippen LogP contribution in [-0.2, 0) is 4.79 Å². The third-order valence-electron chi connectivity index (χ3n) is 3.79. The van der Waals surface area contributed by atoms with Crippen LogP contribution in [0.5, 0.6) is 0 Å². The summed E-state index contributed by atoms with van der Waals surface area (Å²) in [5, 5.41) is 2.11. The van der Waals surface area contributed by atoms with Crippen LogP contribution in [0.15, 0.2) is 30.3 Å². The van der Waals surface area contributed by atoms with Gasteiger partial charge >= 0.3 is 6.03 Å². The maximum absolute atomic E-state index is 11.8. The molecule has 3 amide bonds. The summed E-state index contributed by atoms with van der Waals surface area (Å²) in [7, 11) is 0. The number of hydrogen-bond donors (Lipinski definition) is 3. The van der Waals surface area contributed by atoms with E-state index in [4.69, 9.17) is 11.5 Å². The zero-order valence-corrected chi connectivity index (χ0v) is 11.5. The lowest BCUT2D eigenvalue weighted by molar-refractivity contribution is -0.124. The van der Waals surface area contributed by atoms with Gasteiger partial charge < -0.3 is 11.5 Å². The first-order valence-corrected chi connectivity index (χ1v) is 6.64. The van der Waals surface area contributed by atoms with Crippen molar-refractivity contribution in [1.82, 2.24) is 10.2 Å². The van der Waals surface area contributed by atoms with Crippen LogP contribution in [0.2, 0.25) is 0 Å². The van der Waals surface area contributed by atoms with E-state index in [0.717, 1.165) is 0 Å². The number of nitrogens with zero attached hydrogens (tertiary/aromatic N) is 1. The summed E-state index contributed by atoms with van der Waals surface area (Å²) in [5.41, 5.74) is 12.3. The van der Waals surface area contributed by atoms with Crippen LogP contribution < -0.4 is 16.8 Å². The minimum atomic E-state index is -0.829. The van der Waals surface area contributed by atoms with Gasteiger partial charge in [-0.25, -0.2) is 4.79 Å². The van der Waals surface area contributed by atoms with E-state index in [-0.39, 0.29) is 12.0 Å².